The van der Waals surface area contributed by atoms with E-state index in [9.17, 15) is 5.11 Å². The zero-order valence-corrected chi connectivity index (χ0v) is 7.76. The summed E-state index contributed by atoms with van der Waals surface area (Å²) in [6.07, 6.45) is 0. The van der Waals surface area contributed by atoms with Crippen LogP contribution in [0.2, 0.25) is 0 Å². The van der Waals surface area contributed by atoms with E-state index in [1.165, 1.54) is 5.56 Å². The fourth-order valence-corrected chi connectivity index (χ4v) is 1.19. The van der Waals surface area contributed by atoms with Gasteiger partial charge in [0.15, 0.2) is 0 Å². The second-order valence-corrected chi connectivity index (χ2v) is 3.28. The van der Waals surface area contributed by atoms with Crippen LogP contribution >= 0.6 is 0 Å². The fourth-order valence-electron chi connectivity index (χ4n) is 1.19. The van der Waals surface area contributed by atoms with Crippen LogP contribution in [-0.2, 0) is 0 Å². The van der Waals surface area contributed by atoms with Gasteiger partial charge < -0.3 is 10.8 Å². The average Bonchev–Trinajstić information content (AvgIpc) is 1.96. The van der Waals surface area contributed by atoms with Crippen molar-refractivity contribution in [1.29, 1.82) is 0 Å². The molecule has 0 bridgehead atoms. The number of aromatic hydroxyl groups is 1. The largest absolute Gasteiger partial charge is 0.508 e. The van der Waals surface area contributed by atoms with Crippen molar-refractivity contribution < 1.29 is 5.11 Å². The molecular weight excluding hydrogens is 150 g/mol. The molecule has 0 radical (unpaired) electrons. The Morgan fingerprint density at radius 2 is 1.75 bits per heavy atom. The van der Waals surface area contributed by atoms with Crippen molar-refractivity contribution in [2.45, 2.75) is 26.8 Å². The summed E-state index contributed by atoms with van der Waals surface area (Å²) in [5.74, 6) is 0.299. The van der Waals surface area contributed by atoms with Crippen molar-refractivity contribution in [3.05, 3.63) is 28.8 Å². The average molecular weight is 165 g/mol. The smallest absolute Gasteiger partial charge is 0.120 e. The molecule has 0 aliphatic rings. The summed E-state index contributed by atoms with van der Waals surface area (Å²) in [5, 5.41) is 9.51. The van der Waals surface area contributed by atoms with Gasteiger partial charge in [0.05, 0.1) is 0 Å². The van der Waals surface area contributed by atoms with Gasteiger partial charge in [0.25, 0.3) is 0 Å². The van der Waals surface area contributed by atoms with Crippen LogP contribution in [0.5, 0.6) is 5.75 Å². The summed E-state index contributed by atoms with van der Waals surface area (Å²) in [6.45, 7) is 5.85. The first-order chi connectivity index (χ1) is 5.52. The Kier molecular flexibility index (Phi) is 2.38. The van der Waals surface area contributed by atoms with Crippen molar-refractivity contribution in [3.63, 3.8) is 0 Å². The van der Waals surface area contributed by atoms with Crippen LogP contribution in [0.4, 0.5) is 0 Å². The van der Waals surface area contributed by atoms with E-state index in [2.05, 4.69) is 0 Å². The van der Waals surface area contributed by atoms with Crippen LogP contribution in [0.25, 0.3) is 0 Å². The minimum atomic E-state index is -0.107. The quantitative estimate of drug-likeness (QED) is 0.668. The predicted octanol–water partition coefficient (Wildman–Crippen LogP) is 2.03. The lowest BCUT2D eigenvalue weighted by Crippen LogP contribution is -2.05. The van der Waals surface area contributed by atoms with E-state index in [4.69, 9.17) is 5.73 Å². The maximum Gasteiger partial charge on any atom is 0.120 e. The number of phenolic OH excluding ortho intramolecular Hbond substituents is 1. The third kappa shape index (κ3) is 1.59. The van der Waals surface area contributed by atoms with Crippen LogP contribution in [0.1, 0.15) is 29.7 Å². The van der Waals surface area contributed by atoms with E-state index in [1.54, 1.807) is 6.07 Å². The standard InChI is InChI=1S/C10H15NO/c1-6-4-9(8(3)11)10(12)5-7(6)2/h4-5,8,12H,11H2,1-3H3. The van der Waals surface area contributed by atoms with Gasteiger partial charge >= 0.3 is 0 Å². The lowest BCUT2D eigenvalue weighted by atomic mass is 10.0. The number of hydrogen-bond donors (Lipinski definition) is 2. The molecule has 1 aromatic carbocycles. The number of benzene rings is 1. The van der Waals surface area contributed by atoms with Gasteiger partial charge in [0.1, 0.15) is 5.75 Å². The van der Waals surface area contributed by atoms with Gasteiger partial charge in [-0.15, -0.1) is 0 Å². The zero-order chi connectivity index (χ0) is 9.30. The van der Waals surface area contributed by atoms with Gasteiger partial charge in [-0.3, -0.25) is 0 Å². The Morgan fingerprint density at radius 1 is 1.25 bits per heavy atom. The highest BCUT2D eigenvalue weighted by Gasteiger charge is 2.07. The molecular formula is C10H15NO. The Hall–Kier alpha value is -1.02. The monoisotopic (exact) mass is 165 g/mol. The van der Waals surface area contributed by atoms with Crippen LogP contribution in [0, 0.1) is 13.8 Å². The van der Waals surface area contributed by atoms with Gasteiger partial charge in [-0.2, -0.15) is 0 Å². The molecule has 2 nitrogen and oxygen atoms in total. The Bertz CT molecular complexity index is 292. The van der Waals surface area contributed by atoms with Crippen molar-refractivity contribution in [3.8, 4) is 5.75 Å². The number of nitrogens with two attached hydrogens (primary N) is 1. The van der Waals surface area contributed by atoms with E-state index in [-0.39, 0.29) is 6.04 Å². The zero-order valence-electron chi connectivity index (χ0n) is 7.76. The molecule has 3 N–H and O–H groups in total. The molecule has 0 aliphatic carbocycles. The second kappa shape index (κ2) is 3.15. The molecule has 0 saturated carbocycles. The van der Waals surface area contributed by atoms with Crippen molar-refractivity contribution in [1.82, 2.24) is 0 Å². The number of aryl methyl sites for hydroxylation is 2. The van der Waals surface area contributed by atoms with Gasteiger partial charge in [-0.1, -0.05) is 6.07 Å². The van der Waals surface area contributed by atoms with E-state index in [0.29, 0.717) is 5.75 Å². The van der Waals surface area contributed by atoms with Gasteiger partial charge in [-0.25, -0.2) is 0 Å². The highest BCUT2D eigenvalue weighted by atomic mass is 16.3. The van der Waals surface area contributed by atoms with Crippen molar-refractivity contribution in [2.75, 3.05) is 0 Å². The van der Waals surface area contributed by atoms with Crippen LogP contribution < -0.4 is 5.73 Å². The normalized spacial score (nSPS) is 13.0. The molecule has 0 amide bonds. The van der Waals surface area contributed by atoms with E-state index in [1.807, 2.05) is 26.8 Å². The lowest BCUT2D eigenvalue weighted by molar-refractivity contribution is 0.463. The van der Waals surface area contributed by atoms with Gasteiger partial charge in [0.2, 0.25) is 0 Å². The second-order valence-electron chi connectivity index (χ2n) is 3.28. The summed E-state index contributed by atoms with van der Waals surface area (Å²) < 4.78 is 0. The van der Waals surface area contributed by atoms with Crippen LogP contribution in [0.3, 0.4) is 0 Å². The molecule has 1 aromatic rings. The number of phenols is 1. The molecule has 66 valence electrons. The highest BCUT2D eigenvalue weighted by molar-refractivity contribution is 5.42. The summed E-state index contributed by atoms with van der Waals surface area (Å²) in [6, 6.07) is 3.59. The highest BCUT2D eigenvalue weighted by Crippen LogP contribution is 2.25. The van der Waals surface area contributed by atoms with Crippen LogP contribution in [-0.4, -0.2) is 5.11 Å². The maximum atomic E-state index is 9.51. The third-order valence-electron chi connectivity index (χ3n) is 2.13. The summed E-state index contributed by atoms with van der Waals surface area (Å²) >= 11 is 0. The number of hydrogen-bond acceptors (Lipinski definition) is 2. The summed E-state index contributed by atoms with van der Waals surface area (Å²) in [4.78, 5) is 0. The molecule has 1 unspecified atom stereocenters. The Morgan fingerprint density at radius 3 is 2.25 bits per heavy atom. The van der Waals surface area contributed by atoms with E-state index < -0.39 is 0 Å². The Balaban J connectivity index is 3.23. The fraction of sp³-hybridized carbons (Fsp3) is 0.400. The minimum absolute atomic E-state index is 0.107. The molecule has 0 spiro atoms. The molecule has 2 heteroatoms. The summed E-state index contributed by atoms with van der Waals surface area (Å²) in [5.41, 5.74) is 8.75. The molecule has 12 heavy (non-hydrogen) atoms. The maximum absolute atomic E-state index is 9.51. The lowest BCUT2D eigenvalue weighted by Gasteiger charge is -2.10. The Labute approximate surface area is 73.0 Å². The number of rotatable bonds is 1. The van der Waals surface area contributed by atoms with E-state index in [0.717, 1.165) is 11.1 Å². The molecule has 0 fully saturated rings. The first kappa shape index (κ1) is 9.07. The van der Waals surface area contributed by atoms with Crippen molar-refractivity contribution in [2.24, 2.45) is 5.73 Å². The molecule has 0 aliphatic heterocycles. The third-order valence-corrected chi connectivity index (χ3v) is 2.13. The molecule has 0 saturated heterocycles. The molecule has 1 rings (SSSR count). The van der Waals surface area contributed by atoms with E-state index >= 15 is 0 Å². The first-order valence-corrected chi connectivity index (χ1v) is 4.08. The SMILES string of the molecule is Cc1cc(O)c(C(C)N)cc1C. The van der Waals surface area contributed by atoms with Crippen molar-refractivity contribution >= 4 is 0 Å². The molecule has 0 aromatic heterocycles. The topological polar surface area (TPSA) is 46.2 Å². The molecule has 0 heterocycles. The van der Waals surface area contributed by atoms with Crippen LogP contribution in [0.15, 0.2) is 12.1 Å². The first-order valence-electron chi connectivity index (χ1n) is 4.08. The van der Waals surface area contributed by atoms with Gasteiger partial charge in [-0.05, 0) is 38.0 Å². The predicted molar refractivity (Wildman–Crippen MR) is 50.2 cm³/mol. The minimum Gasteiger partial charge on any atom is -0.508 e. The summed E-state index contributed by atoms with van der Waals surface area (Å²) in [7, 11) is 0. The van der Waals surface area contributed by atoms with Gasteiger partial charge in [0, 0.05) is 11.6 Å². The molecule has 1 atom stereocenters.